The monoisotopic (exact) mass is 359 g/mol. The second-order valence-corrected chi connectivity index (χ2v) is 6.12. The van der Waals surface area contributed by atoms with Gasteiger partial charge in [0.1, 0.15) is 11.6 Å². The summed E-state index contributed by atoms with van der Waals surface area (Å²) in [6.07, 6.45) is 0.987. The fourth-order valence-electron chi connectivity index (χ4n) is 2.10. The van der Waals surface area contributed by atoms with E-state index in [1.54, 1.807) is 0 Å². The molecular formula is C18H25N5OS. The molecule has 1 aromatic carbocycles. The van der Waals surface area contributed by atoms with Crippen LogP contribution in [0.15, 0.2) is 30.3 Å². The Morgan fingerprint density at radius 1 is 1.20 bits per heavy atom. The largest absolute Gasteiger partial charge is 0.494 e. The molecule has 2 rings (SSSR count). The molecule has 1 atom stereocenters. The average molecular weight is 359 g/mol. The molecule has 0 aliphatic carbocycles. The van der Waals surface area contributed by atoms with E-state index in [9.17, 15) is 0 Å². The van der Waals surface area contributed by atoms with Gasteiger partial charge < -0.3 is 20.7 Å². The summed E-state index contributed by atoms with van der Waals surface area (Å²) in [6.45, 7) is 8.70. The first-order valence-corrected chi connectivity index (χ1v) is 8.84. The van der Waals surface area contributed by atoms with Gasteiger partial charge in [-0.1, -0.05) is 6.92 Å². The number of anilines is 3. The molecule has 6 nitrogen and oxygen atoms in total. The highest BCUT2D eigenvalue weighted by atomic mass is 32.1. The molecule has 0 saturated heterocycles. The topological polar surface area (TPSA) is 71.1 Å². The van der Waals surface area contributed by atoms with Gasteiger partial charge >= 0.3 is 0 Å². The first kappa shape index (κ1) is 18.9. The van der Waals surface area contributed by atoms with Crippen molar-refractivity contribution < 1.29 is 4.74 Å². The molecule has 1 aromatic heterocycles. The predicted octanol–water partition coefficient (Wildman–Crippen LogP) is 4.01. The van der Waals surface area contributed by atoms with Crippen molar-refractivity contribution in [1.29, 1.82) is 0 Å². The minimum Gasteiger partial charge on any atom is -0.494 e. The fraction of sp³-hybridized carbons (Fsp3) is 0.389. The van der Waals surface area contributed by atoms with Gasteiger partial charge in [-0.05, 0) is 63.7 Å². The Morgan fingerprint density at radius 2 is 1.92 bits per heavy atom. The van der Waals surface area contributed by atoms with Crippen LogP contribution in [0.3, 0.4) is 0 Å². The number of benzene rings is 1. The van der Waals surface area contributed by atoms with Gasteiger partial charge in [-0.2, -0.15) is 4.98 Å². The number of ether oxygens (including phenoxy) is 1. The molecule has 7 heteroatoms. The average Bonchev–Trinajstić information content (AvgIpc) is 2.56. The van der Waals surface area contributed by atoms with Crippen molar-refractivity contribution in [3.05, 3.63) is 36.0 Å². The summed E-state index contributed by atoms with van der Waals surface area (Å²) in [4.78, 5) is 8.85. The van der Waals surface area contributed by atoms with E-state index in [1.807, 2.05) is 44.2 Å². The molecule has 0 bridgehead atoms. The van der Waals surface area contributed by atoms with Crippen molar-refractivity contribution in [2.24, 2.45) is 0 Å². The molecule has 0 amide bonds. The molecule has 2 aromatic rings. The van der Waals surface area contributed by atoms with Gasteiger partial charge in [-0.3, -0.25) is 0 Å². The normalized spacial score (nSPS) is 11.5. The van der Waals surface area contributed by atoms with Crippen molar-refractivity contribution in [3.63, 3.8) is 0 Å². The molecule has 0 radical (unpaired) electrons. The van der Waals surface area contributed by atoms with Crippen LogP contribution in [0.4, 0.5) is 17.5 Å². The maximum atomic E-state index is 5.45. The molecule has 0 fully saturated rings. The molecule has 0 saturated carbocycles. The zero-order chi connectivity index (χ0) is 18.2. The summed E-state index contributed by atoms with van der Waals surface area (Å²) in [5, 5.41) is 10.0. The first-order chi connectivity index (χ1) is 12.0. The van der Waals surface area contributed by atoms with Crippen molar-refractivity contribution in [1.82, 2.24) is 15.3 Å². The summed E-state index contributed by atoms with van der Waals surface area (Å²) in [5.74, 6) is 2.01. The van der Waals surface area contributed by atoms with Crippen LogP contribution in [0.2, 0.25) is 0 Å². The Hall–Kier alpha value is -2.41. The smallest absolute Gasteiger partial charge is 0.231 e. The lowest BCUT2D eigenvalue weighted by Crippen LogP contribution is -2.35. The van der Waals surface area contributed by atoms with Crippen LogP contribution in [0.5, 0.6) is 5.75 Å². The van der Waals surface area contributed by atoms with E-state index in [1.165, 1.54) is 0 Å². The number of hydrogen-bond acceptors (Lipinski definition) is 5. The van der Waals surface area contributed by atoms with Crippen molar-refractivity contribution in [2.45, 2.75) is 40.2 Å². The van der Waals surface area contributed by atoms with E-state index in [2.05, 4.69) is 39.8 Å². The van der Waals surface area contributed by atoms with Crippen LogP contribution in [-0.4, -0.2) is 27.7 Å². The van der Waals surface area contributed by atoms with Crippen LogP contribution in [0, 0.1) is 6.92 Å². The summed E-state index contributed by atoms with van der Waals surface area (Å²) in [7, 11) is 0. The van der Waals surface area contributed by atoms with E-state index < -0.39 is 0 Å². The first-order valence-electron chi connectivity index (χ1n) is 8.43. The fourth-order valence-corrected chi connectivity index (χ4v) is 2.39. The second-order valence-electron chi connectivity index (χ2n) is 5.71. The second kappa shape index (κ2) is 9.17. The quantitative estimate of drug-likeness (QED) is 0.645. The molecule has 1 unspecified atom stereocenters. The van der Waals surface area contributed by atoms with Gasteiger partial charge in [0.25, 0.3) is 0 Å². The molecule has 0 aliphatic heterocycles. The third kappa shape index (κ3) is 6.19. The third-order valence-electron chi connectivity index (χ3n) is 3.51. The van der Waals surface area contributed by atoms with Crippen LogP contribution < -0.4 is 20.7 Å². The predicted molar refractivity (Wildman–Crippen MR) is 107 cm³/mol. The van der Waals surface area contributed by atoms with Crippen molar-refractivity contribution >= 4 is 34.8 Å². The van der Waals surface area contributed by atoms with Gasteiger partial charge in [-0.25, -0.2) is 4.98 Å². The molecule has 134 valence electrons. The zero-order valence-corrected chi connectivity index (χ0v) is 15.9. The van der Waals surface area contributed by atoms with E-state index in [4.69, 9.17) is 17.0 Å². The number of nitrogens with zero attached hydrogens (tertiary/aromatic N) is 2. The summed E-state index contributed by atoms with van der Waals surface area (Å²) in [5.41, 5.74) is 1.77. The molecule has 1 heterocycles. The number of rotatable bonds is 7. The van der Waals surface area contributed by atoms with Gasteiger partial charge in [0.15, 0.2) is 5.11 Å². The lowest BCUT2D eigenvalue weighted by atomic mass is 10.3. The van der Waals surface area contributed by atoms with Crippen LogP contribution >= 0.6 is 12.2 Å². The maximum absolute atomic E-state index is 5.45. The molecule has 0 spiro atoms. The number of nitrogens with one attached hydrogen (secondary N) is 3. The molecule has 0 aliphatic rings. The molecule has 3 N–H and O–H groups in total. The highest BCUT2D eigenvalue weighted by molar-refractivity contribution is 7.80. The van der Waals surface area contributed by atoms with Gasteiger partial charge in [0, 0.05) is 23.5 Å². The number of hydrogen-bond donors (Lipinski definition) is 3. The Morgan fingerprint density at radius 3 is 2.56 bits per heavy atom. The Kier molecular flexibility index (Phi) is 6.94. The van der Waals surface area contributed by atoms with Gasteiger partial charge in [-0.15, -0.1) is 0 Å². The van der Waals surface area contributed by atoms with E-state index in [0.717, 1.165) is 23.6 Å². The van der Waals surface area contributed by atoms with Crippen LogP contribution in [-0.2, 0) is 0 Å². The summed E-state index contributed by atoms with van der Waals surface area (Å²) >= 11 is 5.30. The van der Waals surface area contributed by atoms with Gasteiger partial charge in [0.05, 0.1) is 6.61 Å². The summed E-state index contributed by atoms with van der Waals surface area (Å²) < 4.78 is 5.45. The standard InChI is InChI=1S/C18H25N5OS/c1-5-12(3)20-18(25)23-17-19-13(4)11-16(22-17)21-14-7-9-15(10-8-14)24-6-2/h7-12H,5-6H2,1-4H3,(H3,19,20,21,22,23,25). The minimum absolute atomic E-state index is 0.297. The minimum atomic E-state index is 0.297. The number of aromatic nitrogens is 2. The van der Waals surface area contributed by atoms with Gasteiger partial charge in [0.2, 0.25) is 5.95 Å². The van der Waals surface area contributed by atoms with E-state index in [-0.39, 0.29) is 0 Å². The third-order valence-corrected chi connectivity index (χ3v) is 3.73. The lowest BCUT2D eigenvalue weighted by molar-refractivity contribution is 0.340. The number of aryl methyl sites for hydroxylation is 1. The highest BCUT2D eigenvalue weighted by Crippen LogP contribution is 2.20. The molecule has 25 heavy (non-hydrogen) atoms. The van der Waals surface area contributed by atoms with Crippen LogP contribution in [0.1, 0.15) is 32.9 Å². The van der Waals surface area contributed by atoms with Crippen molar-refractivity contribution in [2.75, 3.05) is 17.2 Å². The Bertz CT molecular complexity index is 705. The highest BCUT2D eigenvalue weighted by Gasteiger charge is 2.07. The molecular weight excluding hydrogens is 334 g/mol. The maximum Gasteiger partial charge on any atom is 0.231 e. The summed E-state index contributed by atoms with van der Waals surface area (Å²) in [6, 6.07) is 9.92. The SMILES string of the molecule is CCOc1ccc(Nc2cc(C)nc(NC(=S)NC(C)CC)n2)cc1. The lowest BCUT2D eigenvalue weighted by Gasteiger charge is -2.15. The van der Waals surface area contributed by atoms with Crippen LogP contribution in [0.25, 0.3) is 0 Å². The Labute approximate surface area is 154 Å². The van der Waals surface area contributed by atoms with Crippen molar-refractivity contribution in [3.8, 4) is 5.75 Å². The van der Waals surface area contributed by atoms with E-state index in [0.29, 0.717) is 29.5 Å². The number of thiocarbonyl (C=S) groups is 1. The Balaban J connectivity index is 2.06. The van der Waals surface area contributed by atoms with E-state index >= 15 is 0 Å². The zero-order valence-electron chi connectivity index (χ0n) is 15.1.